The maximum Gasteiger partial charge on any atom is 0.335 e. The zero-order chi connectivity index (χ0) is 19.0. The second-order valence-corrected chi connectivity index (χ2v) is 5.13. The van der Waals surface area contributed by atoms with E-state index in [1.165, 1.54) is 20.8 Å². The highest BCUT2D eigenvalue weighted by Crippen LogP contribution is 2.11. The van der Waals surface area contributed by atoms with Crippen LogP contribution in [0.4, 0.5) is 0 Å². The van der Waals surface area contributed by atoms with Crippen LogP contribution in [0.2, 0.25) is 0 Å². The fourth-order valence-electron chi connectivity index (χ4n) is 1.38. The third-order valence-corrected chi connectivity index (χ3v) is 2.58. The van der Waals surface area contributed by atoms with Gasteiger partial charge in [-0.1, -0.05) is 19.7 Å². The second kappa shape index (κ2) is 9.29. The maximum absolute atomic E-state index is 12.1. The van der Waals surface area contributed by atoms with Crippen molar-refractivity contribution in [3.8, 4) is 0 Å². The van der Waals surface area contributed by atoms with E-state index >= 15 is 0 Å². The summed E-state index contributed by atoms with van der Waals surface area (Å²) in [6.45, 7) is 13.1. The molecular weight excluding hydrogens is 318 g/mol. The zero-order valence-corrected chi connectivity index (χ0v) is 14.0. The first-order valence-corrected chi connectivity index (χ1v) is 6.84. The van der Waals surface area contributed by atoms with Gasteiger partial charge >= 0.3 is 17.9 Å². The van der Waals surface area contributed by atoms with Crippen molar-refractivity contribution in [2.75, 3.05) is 13.2 Å². The Morgan fingerprint density at radius 1 is 0.958 bits per heavy atom. The molecule has 1 atom stereocenters. The number of nitrogens with zero attached hydrogens (tertiary/aromatic N) is 1. The normalized spacial score (nSPS) is 11.0. The number of carboxylic acids is 1. The molecule has 0 aromatic carbocycles. The molecule has 0 saturated heterocycles. The van der Waals surface area contributed by atoms with Crippen LogP contribution in [0.3, 0.4) is 0 Å². The van der Waals surface area contributed by atoms with Crippen LogP contribution in [0.1, 0.15) is 20.8 Å². The van der Waals surface area contributed by atoms with Crippen molar-refractivity contribution >= 4 is 23.8 Å². The number of ether oxygens (including phenoxy) is 2. The molecule has 0 fully saturated rings. The van der Waals surface area contributed by atoms with Crippen LogP contribution in [-0.4, -0.2) is 53.2 Å². The molecular formula is C16H21NO7. The SMILES string of the molecule is C=C(C)C(=O)OCC(OC(=O)C(=C)C)N(CC(=O)O)C(=O)C(=C)C. The van der Waals surface area contributed by atoms with Crippen molar-refractivity contribution in [1.29, 1.82) is 0 Å². The molecule has 0 saturated carbocycles. The number of hydrogen-bond acceptors (Lipinski definition) is 6. The van der Waals surface area contributed by atoms with Crippen LogP contribution >= 0.6 is 0 Å². The minimum absolute atomic E-state index is 0.0267. The summed E-state index contributed by atoms with van der Waals surface area (Å²) >= 11 is 0. The number of carbonyl (C=O) groups is 4. The second-order valence-electron chi connectivity index (χ2n) is 5.13. The Morgan fingerprint density at radius 2 is 1.46 bits per heavy atom. The van der Waals surface area contributed by atoms with Crippen molar-refractivity contribution < 1.29 is 33.8 Å². The van der Waals surface area contributed by atoms with Gasteiger partial charge in [-0.2, -0.15) is 0 Å². The summed E-state index contributed by atoms with van der Waals surface area (Å²) in [7, 11) is 0. The van der Waals surface area contributed by atoms with Gasteiger partial charge in [0, 0.05) is 16.7 Å². The summed E-state index contributed by atoms with van der Waals surface area (Å²) in [5, 5.41) is 8.97. The van der Waals surface area contributed by atoms with Gasteiger partial charge in [-0.15, -0.1) is 0 Å². The van der Waals surface area contributed by atoms with E-state index in [0.717, 1.165) is 4.90 Å². The molecule has 8 nitrogen and oxygen atoms in total. The molecule has 0 aliphatic rings. The molecule has 0 spiro atoms. The molecule has 0 bridgehead atoms. The molecule has 8 heteroatoms. The highest BCUT2D eigenvalue weighted by molar-refractivity contribution is 5.94. The van der Waals surface area contributed by atoms with E-state index in [1.54, 1.807) is 0 Å². The number of hydrogen-bond donors (Lipinski definition) is 1. The summed E-state index contributed by atoms with van der Waals surface area (Å²) in [5.74, 6) is -3.74. The molecule has 1 N–H and O–H groups in total. The zero-order valence-electron chi connectivity index (χ0n) is 14.0. The van der Waals surface area contributed by atoms with Crippen LogP contribution in [0.15, 0.2) is 36.5 Å². The number of amides is 1. The van der Waals surface area contributed by atoms with Crippen molar-refractivity contribution in [2.45, 2.75) is 27.0 Å². The Morgan fingerprint density at radius 3 is 1.83 bits per heavy atom. The summed E-state index contributed by atoms with van der Waals surface area (Å²) < 4.78 is 9.91. The Hall–Kier alpha value is -2.90. The van der Waals surface area contributed by atoms with Gasteiger partial charge in [0.05, 0.1) is 0 Å². The molecule has 0 aromatic heterocycles. The number of esters is 2. The molecule has 1 unspecified atom stereocenters. The molecule has 0 aromatic rings. The van der Waals surface area contributed by atoms with E-state index in [-0.39, 0.29) is 16.7 Å². The Bertz CT molecular complexity index is 591. The molecule has 0 heterocycles. The van der Waals surface area contributed by atoms with E-state index in [1.807, 2.05) is 0 Å². The summed E-state index contributed by atoms with van der Waals surface area (Å²) in [6.07, 6.45) is -1.45. The van der Waals surface area contributed by atoms with Crippen molar-refractivity contribution in [3.05, 3.63) is 36.5 Å². The average Bonchev–Trinajstić information content (AvgIpc) is 2.47. The first-order chi connectivity index (χ1) is 11.0. The van der Waals surface area contributed by atoms with Crippen molar-refractivity contribution in [3.63, 3.8) is 0 Å². The van der Waals surface area contributed by atoms with Gasteiger partial charge in [0.25, 0.3) is 5.91 Å². The lowest BCUT2D eigenvalue weighted by atomic mass is 10.2. The van der Waals surface area contributed by atoms with Gasteiger partial charge in [-0.05, 0) is 20.8 Å². The molecule has 0 aliphatic carbocycles. The Balaban J connectivity index is 5.50. The minimum Gasteiger partial charge on any atom is -0.480 e. The van der Waals surface area contributed by atoms with Crippen LogP contribution in [0.25, 0.3) is 0 Å². The van der Waals surface area contributed by atoms with Crippen molar-refractivity contribution in [2.24, 2.45) is 0 Å². The lowest BCUT2D eigenvalue weighted by molar-refractivity contribution is -0.174. The predicted octanol–water partition coefficient (Wildman–Crippen LogP) is 1.04. The van der Waals surface area contributed by atoms with E-state index < -0.39 is 43.2 Å². The summed E-state index contributed by atoms with van der Waals surface area (Å²) in [4.78, 5) is 47.1. The molecule has 0 radical (unpaired) electrons. The van der Waals surface area contributed by atoms with Gasteiger partial charge in [0.1, 0.15) is 13.2 Å². The van der Waals surface area contributed by atoms with E-state index in [4.69, 9.17) is 14.6 Å². The molecule has 1 amide bonds. The molecule has 0 rings (SSSR count). The van der Waals surface area contributed by atoms with Crippen LogP contribution in [0.5, 0.6) is 0 Å². The molecule has 132 valence electrons. The predicted molar refractivity (Wildman–Crippen MR) is 84.6 cm³/mol. The highest BCUT2D eigenvalue weighted by Gasteiger charge is 2.30. The maximum atomic E-state index is 12.1. The van der Waals surface area contributed by atoms with E-state index in [9.17, 15) is 19.2 Å². The number of rotatable bonds is 9. The average molecular weight is 339 g/mol. The van der Waals surface area contributed by atoms with Crippen LogP contribution < -0.4 is 0 Å². The lowest BCUT2D eigenvalue weighted by Gasteiger charge is -2.29. The van der Waals surface area contributed by atoms with Crippen LogP contribution in [-0.2, 0) is 28.7 Å². The monoisotopic (exact) mass is 339 g/mol. The summed E-state index contributed by atoms with van der Waals surface area (Å²) in [5.41, 5.74) is 0.152. The number of aliphatic carboxylic acids is 1. The van der Waals surface area contributed by atoms with E-state index in [0.29, 0.717) is 0 Å². The van der Waals surface area contributed by atoms with Gasteiger partial charge in [-0.25, -0.2) is 9.59 Å². The van der Waals surface area contributed by atoms with Gasteiger partial charge in [0.15, 0.2) is 0 Å². The molecule has 24 heavy (non-hydrogen) atoms. The van der Waals surface area contributed by atoms with Crippen molar-refractivity contribution in [1.82, 2.24) is 4.90 Å². The molecule has 0 aliphatic heterocycles. The first-order valence-electron chi connectivity index (χ1n) is 6.84. The Kier molecular flexibility index (Phi) is 8.16. The fraction of sp³-hybridized carbons (Fsp3) is 0.375. The number of carboxylic acid groups (broad SMARTS) is 1. The number of carbonyl (C=O) groups excluding carboxylic acids is 3. The van der Waals surface area contributed by atoms with E-state index in [2.05, 4.69) is 19.7 Å². The quantitative estimate of drug-likeness (QED) is 0.379. The van der Waals surface area contributed by atoms with Crippen LogP contribution in [0, 0.1) is 0 Å². The minimum atomic E-state index is -1.45. The van der Waals surface area contributed by atoms with Gasteiger partial charge in [0.2, 0.25) is 6.23 Å². The summed E-state index contributed by atoms with van der Waals surface area (Å²) in [6, 6.07) is 0. The standard InChI is InChI=1S/C16H21NO7/c1-9(2)14(20)17(7-13(18)19)12(24-16(22)11(5)6)8-23-15(21)10(3)4/h12H,1,3,5,7-8H2,2,4,6H3,(H,18,19). The Labute approximate surface area is 140 Å². The topological polar surface area (TPSA) is 110 Å². The highest BCUT2D eigenvalue weighted by atomic mass is 16.6. The smallest absolute Gasteiger partial charge is 0.335 e. The third-order valence-electron chi connectivity index (χ3n) is 2.58. The van der Waals surface area contributed by atoms with Gasteiger partial charge < -0.3 is 14.6 Å². The third kappa shape index (κ3) is 6.91. The first kappa shape index (κ1) is 21.1. The lowest BCUT2D eigenvalue weighted by Crippen LogP contribution is -2.48. The fourth-order valence-corrected chi connectivity index (χ4v) is 1.38. The largest absolute Gasteiger partial charge is 0.480 e. The van der Waals surface area contributed by atoms with Gasteiger partial charge in [-0.3, -0.25) is 14.5 Å².